The van der Waals surface area contributed by atoms with E-state index in [-0.39, 0.29) is 0 Å². The summed E-state index contributed by atoms with van der Waals surface area (Å²) in [4.78, 5) is 8.34. The molecule has 1 aromatic rings. The van der Waals surface area contributed by atoms with Crippen molar-refractivity contribution in [3.05, 3.63) is 35.9 Å². The van der Waals surface area contributed by atoms with Gasteiger partial charge in [-0.25, -0.2) is 9.97 Å². The van der Waals surface area contributed by atoms with Crippen molar-refractivity contribution in [2.75, 3.05) is 0 Å². The average molecular weight is 220 g/mol. The Kier molecular flexibility index (Phi) is 12.3. The highest BCUT2D eigenvalue weighted by Crippen LogP contribution is 2.08. The lowest BCUT2D eigenvalue weighted by Crippen LogP contribution is -1.92. The van der Waals surface area contributed by atoms with E-state index < -0.39 is 0 Å². The second kappa shape index (κ2) is 11.6. The van der Waals surface area contributed by atoms with E-state index in [2.05, 4.69) is 16.5 Å². The fraction of sp³-hybridized carbons (Fsp3) is 0.429. The van der Waals surface area contributed by atoms with Gasteiger partial charge >= 0.3 is 0 Å². The maximum Gasteiger partial charge on any atom is 0.125 e. The van der Waals surface area contributed by atoms with Gasteiger partial charge in [0.05, 0.1) is 5.69 Å². The predicted octanol–water partition coefficient (Wildman–Crippen LogP) is 4.51. The predicted molar refractivity (Wildman–Crippen MR) is 74.3 cm³/mol. The number of allylic oxidation sites excluding steroid dienone is 1. The molecule has 1 rings (SSSR count). The molecule has 0 bridgehead atoms. The molecule has 0 aromatic carbocycles. The van der Waals surface area contributed by atoms with E-state index >= 15 is 0 Å². The number of nitrogens with zero attached hydrogens (tertiary/aromatic N) is 2. The molecule has 0 saturated carbocycles. The van der Waals surface area contributed by atoms with Crippen molar-refractivity contribution in [3.8, 4) is 0 Å². The van der Waals surface area contributed by atoms with Crippen LogP contribution >= 0.6 is 0 Å². The van der Waals surface area contributed by atoms with E-state index in [1.807, 2.05) is 53.7 Å². The van der Waals surface area contributed by atoms with Crippen LogP contribution in [-0.4, -0.2) is 9.97 Å². The lowest BCUT2D eigenvalue weighted by molar-refractivity contribution is 1.04. The summed E-state index contributed by atoms with van der Waals surface area (Å²) in [5.41, 5.74) is 1.90. The standard InChI is InChI=1S/C10H12N2.2C2H6/c1-4-6-10-9(5-2)7-11-8(3)12-10;2*1-2/h4-7H,2H2,1,3H3;2*1-2H3/b6-4-;;. The zero-order valence-electron chi connectivity index (χ0n) is 11.4. The lowest BCUT2D eigenvalue weighted by Gasteiger charge is -1.99. The first-order valence-corrected chi connectivity index (χ1v) is 5.86. The van der Waals surface area contributed by atoms with Gasteiger partial charge in [0, 0.05) is 11.8 Å². The SMILES string of the molecule is C=Cc1cnc(C)nc1/C=C\C.CC.CC. The maximum atomic E-state index is 4.26. The molecule has 0 aliphatic carbocycles. The second-order valence-electron chi connectivity index (χ2n) is 2.46. The van der Waals surface area contributed by atoms with Gasteiger partial charge in [-0.05, 0) is 19.9 Å². The van der Waals surface area contributed by atoms with Gasteiger partial charge in [-0.3, -0.25) is 0 Å². The molecule has 0 radical (unpaired) electrons. The van der Waals surface area contributed by atoms with Crippen LogP contribution in [0.15, 0.2) is 18.9 Å². The molecular weight excluding hydrogens is 196 g/mol. The Bertz CT molecular complexity index is 315. The van der Waals surface area contributed by atoms with Crippen LogP contribution in [0.1, 0.15) is 51.7 Å². The van der Waals surface area contributed by atoms with Crippen molar-refractivity contribution in [2.24, 2.45) is 0 Å². The van der Waals surface area contributed by atoms with Crippen LogP contribution in [0.5, 0.6) is 0 Å². The van der Waals surface area contributed by atoms with Crippen LogP contribution in [-0.2, 0) is 0 Å². The van der Waals surface area contributed by atoms with E-state index in [1.54, 1.807) is 12.3 Å². The minimum absolute atomic E-state index is 0.786. The number of rotatable bonds is 2. The normalized spacial score (nSPS) is 8.62. The fourth-order valence-electron chi connectivity index (χ4n) is 0.945. The largest absolute Gasteiger partial charge is 0.241 e. The Balaban J connectivity index is 0. The summed E-state index contributed by atoms with van der Waals surface area (Å²) in [6, 6.07) is 0. The summed E-state index contributed by atoms with van der Waals surface area (Å²) in [6.07, 6.45) is 7.44. The number of hydrogen-bond donors (Lipinski definition) is 0. The molecule has 0 fully saturated rings. The monoisotopic (exact) mass is 220 g/mol. The molecule has 90 valence electrons. The number of aryl methyl sites for hydroxylation is 1. The first-order valence-electron chi connectivity index (χ1n) is 5.86. The van der Waals surface area contributed by atoms with Crippen LogP contribution in [0.25, 0.3) is 12.2 Å². The van der Waals surface area contributed by atoms with E-state index in [9.17, 15) is 0 Å². The zero-order valence-corrected chi connectivity index (χ0v) is 11.4. The molecule has 0 aliphatic rings. The minimum atomic E-state index is 0.786. The van der Waals surface area contributed by atoms with Crippen molar-refractivity contribution >= 4 is 12.2 Å². The van der Waals surface area contributed by atoms with E-state index in [0.29, 0.717) is 0 Å². The lowest BCUT2D eigenvalue weighted by atomic mass is 10.2. The van der Waals surface area contributed by atoms with Crippen LogP contribution in [0.2, 0.25) is 0 Å². The topological polar surface area (TPSA) is 25.8 Å². The van der Waals surface area contributed by atoms with Crippen LogP contribution < -0.4 is 0 Å². The van der Waals surface area contributed by atoms with Crippen molar-refractivity contribution in [1.82, 2.24) is 9.97 Å². The van der Waals surface area contributed by atoms with Crippen LogP contribution in [0.4, 0.5) is 0 Å². The fourth-order valence-corrected chi connectivity index (χ4v) is 0.945. The molecule has 0 atom stereocenters. The van der Waals surface area contributed by atoms with Gasteiger partial charge < -0.3 is 0 Å². The van der Waals surface area contributed by atoms with Gasteiger partial charge in [0.15, 0.2) is 0 Å². The molecule has 2 heteroatoms. The summed E-state index contributed by atoms with van der Waals surface area (Å²) < 4.78 is 0. The Morgan fingerprint density at radius 1 is 1.19 bits per heavy atom. The molecule has 0 N–H and O–H groups in total. The molecule has 1 aromatic heterocycles. The first kappa shape index (κ1) is 17.0. The van der Waals surface area contributed by atoms with Crippen LogP contribution in [0, 0.1) is 6.92 Å². The third kappa shape index (κ3) is 6.12. The highest BCUT2D eigenvalue weighted by atomic mass is 14.9. The third-order valence-corrected chi connectivity index (χ3v) is 1.51. The summed E-state index contributed by atoms with van der Waals surface area (Å²) in [5.74, 6) is 0.786. The molecule has 0 aliphatic heterocycles. The van der Waals surface area contributed by atoms with Gasteiger partial charge in [0.25, 0.3) is 0 Å². The van der Waals surface area contributed by atoms with Gasteiger partial charge in [0.2, 0.25) is 0 Å². The van der Waals surface area contributed by atoms with Crippen molar-refractivity contribution in [3.63, 3.8) is 0 Å². The Labute approximate surface area is 100 Å². The third-order valence-electron chi connectivity index (χ3n) is 1.51. The zero-order chi connectivity index (χ0) is 13.0. The van der Waals surface area contributed by atoms with Gasteiger partial charge in [-0.1, -0.05) is 46.4 Å². The van der Waals surface area contributed by atoms with Gasteiger partial charge in [-0.15, -0.1) is 0 Å². The summed E-state index contributed by atoms with van der Waals surface area (Å²) in [6.45, 7) is 15.5. The smallest absolute Gasteiger partial charge is 0.125 e. The Hall–Kier alpha value is -1.44. The summed E-state index contributed by atoms with van der Waals surface area (Å²) in [7, 11) is 0. The van der Waals surface area contributed by atoms with Crippen molar-refractivity contribution in [2.45, 2.75) is 41.5 Å². The Morgan fingerprint density at radius 2 is 1.75 bits per heavy atom. The van der Waals surface area contributed by atoms with Crippen LogP contribution in [0.3, 0.4) is 0 Å². The number of aromatic nitrogens is 2. The van der Waals surface area contributed by atoms with Crippen molar-refractivity contribution in [1.29, 1.82) is 0 Å². The molecule has 16 heavy (non-hydrogen) atoms. The average Bonchev–Trinajstić information content (AvgIpc) is 2.35. The van der Waals surface area contributed by atoms with E-state index in [4.69, 9.17) is 0 Å². The highest BCUT2D eigenvalue weighted by molar-refractivity contribution is 5.60. The molecule has 2 nitrogen and oxygen atoms in total. The van der Waals surface area contributed by atoms with E-state index in [0.717, 1.165) is 17.1 Å². The quantitative estimate of drug-likeness (QED) is 0.732. The van der Waals surface area contributed by atoms with Gasteiger partial charge in [-0.2, -0.15) is 0 Å². The minimum Gasteiger partial charge on any atom is -0.241 e. The molecule has 0 spiro atoms. The second-order valence-corrected chi connectivity index (χ2v) is 2.46. The molecule has 0 amide bonds. The molecule has 0 saturated heterocycles. The maximum absolute atomic E-state index is 4.26. The van der Waals surface area contributed by atoms with Gasteiger partial charge in [0.1, 0.15) is 5.82 Å². The summed E-state index contributed by atoms with van der Waals surface area (Å²) in [5, 5.41) is 0. The molecule has 0 unspecified atom stereocenters. The highest BCUT2D eigenvalue weighted by Gasteiger charge is 1.97. The van der Waals surface area contributed by atoms with E-state index in [1.165, 1.54) is 0 Å². The molecule has 1 heterocycles. The molecular formula is C14H24N2. The first-order chi connectivity index (χ1) is 7.77. The number of hydrogen-bond acceptors (Lipinski definition) is 2. The Morgan fingerprint density at radius 3 is 2.19 bits per heavy atom. The summed E-state index contributed by atoms with van der Waals surface area (Å²) >= 11 is 0. The van der Waals surface area contributed by atoms with Crippen molar-refractivity contribution < 1.29 is 0 Å².